The number of hydrogen-bond donors (Lipinski definition) is 1. The lowest BCUT2D eigenvalue weighted by molar-refractivity contribution is 0.176. The molecule has 7 heteroatoms. The molecule has 1 N–H and O–H groups in total. The minimum atomic E-state index is 0.0479. The summed E-state index contributed by atoms with van der Waals surface area (Å²) < 4.78 is 6.28. The third kappa shape index (κ3) is 2.58. The second kappa shape index (κ2) is 5.53. The molecule has 2 nitrogen and oxygen atoms in total. The maximum absolute atomic E-state index is 10.2. The molecule has 0 amide bonds. The van der Waals surface area contributed by atoms with Gasteiger partial charge >= 0.3 is 0 Å². The van der Waals surface area contributed by atoms with Crippen molar-refractivity contribution in [2.75, 3.05) is 0 Å². The van der Waals surface area contributed by atoms with Crippen molar-refractivity contribution in [1.82, 2.24) is 0 Å². The lowest BCUT2D eigenvalue weighted by Crippen LogP contribution is -2.40. The van der Waals surface area contributed by atoms with Crippen LogP contribution in [0.25, 0.3) is 0 Å². The third-order valence-corrected chi connectivity index (χ3v) is 4.90. The summed E-state index contributed by atoms with van der Waals surface area (Å²) in [6.45, 7) is 0. The largest absolute Gasteiger partial charge is 0.508 e. The Morgan fingerprint density at radius 2 is 1.64 bits per heavy atom. The fourth-order valence-electron chi connectivity index (χ4n) is 3.39. The summed E-state index contributed by atoms with van der Waals surface area (Å²) in [5, 5.41) is 10.2. The number of phenolic OH excluding ortho intramolecular Hbond substituents is 1. The van der Waals surface area contributed by atoms with Gasteiger partial charge in [0.1, 0.15) is 56.8 Å². The molecule has 2 atom stereocenters. The molecule has 22 heavy (non-hydrogen) atoms. The van der Waals surface area contributed by atoms with Gasteiger partial charge in [0, 0.05) is 5.56 Å². The molecule has 1 aliphatic heterocycles. The van der Waals surface area contributed by atoms with Crippen LogP contribution in [-0.4, -0.2) is 44.3 Å². The fourth-order valence-corrected chi connectivity index (χ4v) is 3.39. The Morgan fingerprint density at radius 3 is 2.27 bits per heavy atom. The Balaban J connectivity index is 2.03. The van der Waals surface area contributed by atoms with Gasteiger partial charge in [0.25, 0.3) is 0 Å². The van der Waals surface area contributed by atoms with E-state index in [-0.39, 0.29) is 6.10 Å². The van der Waals surface area contributed by atoms with Gasteiger partial charge in [-0.25, -0.2) is 0 Å². The summed E-state index contributed by atoms with van der Waals surface area (Å²) in [4.78, 5) is 0. The summed E-state index contributed by atoms with van der Waals surface area (Å²) in [5.41, 5.74) is 7.17. The molecule has 0 saturated heterocycles. The minimum absolute atomic E-state index is 0.0479. The number of rotatable bonds is 1. The number of fused-ring (bicyclic) bond motifs is 1. The van der Waals surface area contributed by atoms with E-state index >= 15 is 0 Å². The van der Waals surface area contributed by atoms with Crippen molar-refractivity contribution in [3.8, 4) is 11.5 Å². The van der Waals surface area contributed by atoms with Gasteiger partial charge in [0.2, 0.25) is 0 Å². The molecule has 2 aromatic rings. The molecule has 0 aliphatic carbocycles. The van der Waals surface area contributed by atoms with E-state index in [9.17, 15) is 5.11 Å². The summed E-state index contributed by atoms with van der Waals surface area (Å²) in [6.07, 6.45) is 0.893. The zero-order chi connectivity index (χ0) is 16.0. The first kappa shape index (κ1) is 15.3. The zero-order valence-corrected chi connectivity index (χ0v) is 14.0. The van der Waals surface area contributed by atoms with Crippen molar-refractivity contribution in [3.05, 3.63) is 35.4 Å². The number of aromatic hydroxyl groups is 1. The first-order chi connectivity index (χ1) is 10.4. The topological polar surface area (TPSA) is 29.5 Å². The van der Waals surface area contributed by atoms with Crippen LogP contribution >= 0.6 is 0 Å². The maximum Gasteiger partial charge on any atom is 0.139 e. The van der Waals surface area contributed by atoms with Crippen molar-refractivity contribution in [2.45, 2.75) is 18.3 Å². The molecule has 0 fully saturated rings. The summed E-state index contributed by atoms with van der Waals surface area (Å²) in [6, 6.07) is 8.32. The molecular formula is C15H19B5O2. The van der Waals surface area contributed by atoms with Crippen LogP contribution in [0.15, 0.2) is 24.3 Å². The van der Waals surface area contributed by atoms with E-state index in [2.05, 4.69) is 43.5 Å². The Labute approximate surface area is 136 Å². The summed E-state index contributed by atoms with van der Waals surface area (Å²) in [5.74, 6) is 1.52. The summed E-state index contributed by atoms with van der Waals surface area (Å²) >= 11 is 0. The average molecular weight is 285 g/mol. The Hall–Kier alpha value is -1.64. The van der Waals surface area contributed by atoms with Crippen LogP contribution in [0.4, 0.5) is 0 Å². The molecule has 1 heterocycles. The molecule has 3 rings (SSSR count). The highest BCUT2D eigenvalue weighted by Gasteiger charge is 2.30. The Kier molecular flexibility index (Phi) is 3.84. The number of hydrogen-bond acceptors (Lipinski definition) is 2. The molecule has 0 spiro atoms. The molecule has 0 aromatic heterocycles. The van der Waals surface area contributed by atoms with Gasteiger partial charge in [-0.3, -0.25) is 0 Å². The van der Waals surface area contributed by atoms with Gasteiger partial charge in [-0.2, -0.15) is 0 Å². The second-order valence-corrected chi connectivity index (χ2v) is 6.76. The lowest BCUT2D eigenvalue weighted by atomic mass is 9.68. The minimum Gasteiger partial charge on any atom is -0.508 e. The predicted molar refractivity (Wildman–Crippen MR) is 107 cm³/mol. The fraction of sp³-hybridized carbons (Fsp3) is 0.200. The third-order valence-electron chi connectivity index (χ3n) is 4.90. The first-order valence-corrected chi connectivity index (χ1v) is 7.93. The van der Waals surface area contributed by atoms with E-state index in [0.29, 0.717) is 11.6 Å². The molecule has 2 aromatic carbocycles. The van der Waals surface area contributed by atoms with E-state index in [0.717, 1.165) is 23.2 Å². The lowest BCUT2D eigenvalue weighted by Gasteiger charge is -2.33. The van der Waals surface area contributed by atoms with Crippen LogP contribution in [0, 0.1) is 0 Å². The zero-order valence-electron chi connectivity index (χ0n) is 14.0. The maximum atomic E-state index is 10.2. The highest BCUT2D eigenvalue weighted by Crippen LogP contribution is 2.42. The quantitative estimate of drug-likeness (QED) is 0.536. The van der Waals surface area contributed by atoms with Gasteiger partial charge < -0.3 is 9.84 Å². The van der Waals surface area contributed by atoms with E-state index in [1.165, 1.54) is 22.0 Å². The Bertz CT molecular complexity index is 724. The van der Waals surface area contributed by atoms with Gasteiger partial charge in [0.15, 0.2) is 0 Å². The second-order valence-electron chi connectivity index (χ2n) is 6.76. The number of phenols is 1. The van der Waals surface area contributed by atoms with E-state index in [1.807, 2.05) is 20.0 Å². The van der Waals surface area contributed by atoms with Crippen LogP contribution in [0.2, 0.25) is 5.82 Å². The van der Waals surface area contributed by atoms with Crippen LogP contribution in [0.1, 0.15) is 17.2 Å². The molecule has 0 bridgehead atoms. The summed E-state index contributed by atoms with van der Waals surface area (Å²) in [7, 11) is 10.6. The first-order valence-electron chi connectivity index (χ1n) is 7.93. The van der Waals surface area contributed by atoms with Crippen LogP contribution in [0.5, 0.6) is 11.5 Å². The molecule has 0 unspecified atom stereocenters. The Morgan fingerprint density at radius 1 is 1.00 bits per heavy atom. The highest BCUT2D eigenvalue weighted by molar-refractivity contribution is 6.57. The van der Waals surface area contributed by atoms with Gasteiger partial charge in [0.05, 0.1) is 0 Å². The molecular weight excluding hydrogens is 266 g/mol. The number of benzene rings is 2. The van der Waals surface area contributed by atoms with Crippen LogP contribution < -0.4 is 26.6 Å². The van der Waals surface area contributed by atoms with Gasteiger partial charge in [-0.1, -0.05) is 28.5 Å². The van der Waals surface area contributed by atoms with E-state index < -0.39 is 0 Å². The van der Waals surface area contributed by atoms with Crippen molar-refractivity contribution < 1.29 is 9.84 Å². The van der Waals surface area contributed by atoms with Crippen molar-refractivity contribution in [2.24, 2.45) is 0 Å². The monoisotopic (exact) mass is 286 g/mol. The molecule has 106 valence electrons. The van der Waals surface area contributed by atoms with Crippen molar-refractivity contribution in [3.63, 3.8) is 0 Å². The predicted octanol–water partition coefficient (Wildman–Crippen LogP) is -4.48. The van der Waals surface area contributed by atoms with Gasteiger partial charge in [-0.05, 0) is 29.9 Å². The van der Waals surface area contributed by atoms with E-state index in [4.69, 9.17) is 4.74 Å². The standard InChI is InChI=1S/C15H19B5O2/c16-7-3-12(21)8-5-11(19)15(22-13(8)4-7)6-1-9(17)14(20)10(18)2-6/h1-4,11,15,21H,5,16-20H2/t11-,15-/m1/s1. The van der Waals surface area contributed by atoms with Crippen molar-refractivity contribution in [1.29, 1.82) is 0 Å². The molecule has 0 radical (unpaired) electrons. The highest BCUT2D eigenvalue weighted by atomic mass is 16.5. The van der Waals surface area contributed by atoms with Crippen molar-refractivity contribution >= 4 is 61.1 Å². The molecule has 1 aliphatic rings. The SMILES string of the molecule is Bc1cc(O)c2c(c1)O[C@H](c1cc(B)c(B)c(B)c1)[C@H](B)C2. The van der Waals surface area contributed by atoms with E-state index in [1.54, 1.807) is 0 Å². The number of ether oxygens (including phenoxy) is 1. The smallest absolute Gasteiger partial charge is 0.139 e. The normalized spacial score (nSPS) is 20.2. The van der Waals surface area contributed by atoms with Gasteiger partial charge in [-0.15, -0.1) is 5.46 Å². The average Bonchev–Trinajstić information content (AvgIpc) is 2.44. The van der Waals surface area contributed by atoms with Crippen LogP contribution in [-0.2, 0) is 6.42 Å². The van der Waals surface area contributed by atoms with Crippen LogP contribution in [0.3, 0.4) is 0 Å². The molecule has 0 saturated carbocycles.